The van der Waals surface area contributed by atoms with Crippen LogP contribution in [0.2, 0.25) is 0 Å². The van der Waals surface area contributed by atoms with E-state index in [0.29, 0.717) is 5.56 Å². The van der Waals surface area contributed by atoms with Crippen molar-refractivity contribution in [1.82, 2.24) is 10.2 Å². The van der Waals surface area contributed by atoms with Crippen molar-refractivity contribution in [3.63, 3.8) is 0 Å². The Kier molecular flexibility index (Phi) is 3.97. The lowest BCUT2D eigenvalue weighted by Gasteiger charge is -2.25. The van der Waals surface area contributed by atoms with Crippen molar-refractivity contribution >= 4 is 5.91 Å². The number of rotatable bonds is 3. The topological polar surface area (TPSA) is 32.3 Å². The first-order valence-electron chi connectivity index (χ1n) is 6.35. The van der Waals surface area contributed by atoms with Crippen molar-refractivity contribution in [3.8, 4) is 0 Å². The van der Waals surface area contributed by atoms with Crippen LogP contribution in [0.4, 0.5) is 4.39 Å². The summed E-state index contributed by atoms with van der Waals surface area (Å²) in [5.74, 6) is -0.405. The molecule has 2 rings (SSSR count). The normalized spacial score (nSPS) is 19.3. The first-order chi connectivity index (χ1) is 8.63. The van der Waals surface area contributed by atoms with E-state index in [1.165, 1.54) is 12.1 Å². The molecule has 0 spiro atoms. The van der Waals surface area contributed by atoms with Crippen molar-refractivity contribution in [2.75, 3.05) is 20.1 Å². The maximum absolute atomic E-state index is 13.3. The van der Waals surface area contributed by atoms with Crippen LogP contribution in [-0.2, 0) is 0 Å². The average Bonchev–Trinajstić information content (AvgIpc) is 2.80. The van der Waals surface area contributed by atoms with Gasteiger partial charge in [-0.25, -0.2) is 4.39 Å². The van der Waals surface area contributed by atoms with Crippen LogP contribution >= 0.6 is 0 Å². The van der Waals surface area contributed by atoms with E-state index in [1.54, 1.807) is 6.07 Å². The van der Waals surface area contributed by atoms with Gasteiger partial charge in [-0.3, -0.25) is 4.79 Å². The molecule has 4 heteroatoms. The number of aryl methyl sites for hydroxylation is 1. The van der Waals surface area contributed by atoms with Gasteiger partial charge in [-0.05, 0) is 44.5 Å². The summed E-state index contributed by atoms with van der Waals surface area (Å²) in [7, 11) is 1.88. The van der Waals surface area contributed by atoms with Crippen molar-refractivity contribution in [2.45, 2.75) is 25.8 Å². The van der Waals surface area contributed by atoms with Crippen LogP contribution in [-0.4, -0.2) is 37.0 Å². The molecule has 0 bridgehead atoms. The van der Waals surface area contributed by atoms with Gasteiger partial charge in [-0.2, -0.15) is 0 Å². The summed E-state index contributed by atoms with van der Waals surface area (Å²) in [4.78, 5) is 14.3. The predicted molar refractivity (Wildman–Crippen MR) is 69.1 cm³/mol. The lowest BCUT2D eigenvalue weighted by molar-refractivity contribution is 0.0736. The minimum Gasteiger partial charge on any atom is -0.334 e. The summed E-state index contributed by atoms with van der Waals surface area (Å²) < 4.78 is 13.3. The van der Waals surface area contributed by atoms with Crippen LogP contribution in [0.25, 0.3) is 0 Å². The fourth-order valence-corrected chi connectivity index (χ4v) is 2.53. The SMILES string of the molecule is CNCC1CCCN1C(=O)c1cc(F)ccc1C. The largest absolute Gasteiger partial charge is 0.334 e. The average molecular weight is 250 g/mol. The number of halogens is 1. The first-order valence-corrected chi connectivity index (χ1v) is 6.35. The fraction of sp³-hybridized carbons (Fsp3) is 0.500. The van der Waals surface area contributed by atoms with E-state index in [-0.39, 0.29) is 17.8 Å². The summed E-state index contributed by atoms with van der Waals surface area (Å²) in [6, 6.07) is 4.62. The summed E-state index contributed by atoms with van der Waals surface area (Å²) in [5.41, 5.74) is 1.31. The standard InChI is InChI=1S/C14H19FN2O/c1-10-5-6-11(15)8-13(10)14(18)17-7-3-4-12(17)9-16-2/h5-6,8,12,16H,3-4,7,9H2,1-2H3. The number of carbonyl (C=O) groups excluding carboxylic acids is 1. The molecule has 1 unspecified atom stereocenters. The van der Waals surface area contributed by atoms with Gasteiger partial charge in [0.1, 0.15) is 5.82 Å². The Balaban J connectivity index is 2.22. The number of benzene rings is 1. The Hall–Kier alpha value is -1.42. The van der Waals surface area contributed by atoms with E-state index in [1.807, 2.05) is 18.9 Å². The smallest absolute Gasteiger partial charge is 0.254 e. The summed E-state index contributed by atoms with van der Waals surface area (Å²) in [5, 5.41) is 3.10. The molecule has 0 aliphatic carbocycles. The minimum atomic E-state index is -0.353. The molecule has 1 saturated heterocycles. The number of carbonyl (C=O) groups is 1. The monoisotopic (exact) mass is 250 g/mol. The third-order valence-corrected chi connectivity index (χ3v) is 3.51. The highest BCUT2D eigenvalue weighted by atomic mass is 19.1. The quantitative estimate of drug-likeness (QED) is 0.889. The molecule has 1 heterocycles. The van der Waals surface area contributed by atoms with Crippen LogP contribution in [0.5, 0.6) is 0 Å². The molecular weight excluding hydrogens is 231 g/mol. The van der Waals surface area contributed by atoms with E-state index in [2.05, 4.69) is 5.32 Å². The summed E-state index contributed by atoms with van der Waals surface area (Å²) >= 11 is 0. The molecule has 1 aromatic carbocycles. The van der Waals surface area contributed by atoms with Crippen LogP contribution in [0.3, 0.4) is 0 Å². The molecule has 98 valence electrons. The lowest BCUT2D eigenvalue weighted by atomic mass is 10.1. The van der Waals surface area contributed by atoms with Crippen LogP contribution in [0, 0.1) is 12.7 Å². The van der Waals surface area contributed by atoms with Crippen molar-refractivity contribution in [2.24, 2.45) is 0 Å². The fourth-order valence-electron chi connectivity index (χ4n) is 2.53. The number of nitrogens with one attached hydrogen (secondary N) is 1. The van der Waals surface area contributed by atoms with Crippen LogP contribution < -0.4 is 5.32 Å². The Morgan fingerprint density at radius 1 is 1.56 bits per heavy atom. The molecular formula is C14H19FN2O. The molecule has 1 fully saturated rings. The zero-order valence-corrected chi connectivity index (χ0v) is 10.9. The number of nitrogens with zero attached hydrogens (tertiary/aromatic N) is 1. The lowest BCUT2D eigenvalue weighted by Crippen LogP contribution is -2.41. The second-order valence-corrected chi connectivity index (χ2v) is 4.81. The Morgan fingerprint density at radius 3 is 3.06 bits per heavy atom. The first kappa shape index (κ1) is 13.0. The van der Waals surface area contributed by atoms with E-state index in [0.717, 1.165) is 31.5 Å². The molecule has 1 amide bonds. The van der Waals surface area contributed by atoms with Gasteiger partial charge in [0.2, 0.25) is 0 Å². The summed E-state index contributed by atoms with van der Waals surface area (Å²) in [6.07, 6.45) is 2.04. The zero-order valence-electron chi connectivity index (χ0n) is 10.9. The number of hydrogen-bond donors (Lipinski definition) is 1. The second-order valence-electron chi connectivity index (χ2n) is 4.81. The molecule has 1 N–H and O–H groups in total. The molecule has 0 aromatic heterocycles. The van der Waals surface area contributed by atoms with E-state index in [4.69, 9.17) is 0 Å². The molecule has 18 heavy (non-hydrogen) atoms. The van der Waals surface area contributed by atoms with Gasteiger partial charge in [-0.1, -0.05) is 6.07 Å². The van der Waals surface area contributed by atoms with E-state index < -0.39 is 0 Å². The third kappa shape index (κ3) is 2.53. The van der Waals surface area contributed by atoms with Crippen LogP contribution in [0.15, 0.2) is 18.2 Å². The highest BCUT2D eigenvalue weighted by Crippen LogP contribution is 2.21. The van der Waals surface area contributed by atoms with Gasteiger partial charge >= 0.3 is 0 Å². The van der Waals surface area contributed by atoms with E-state index >= 15 is 0 Å². The highest BCUT2D eigenvalue weighted by Gasteiger charge is 2.29. The van der Waals surface area contributed by atoms with Gasteiger partial charge in [0.05, 0.1) is 0 Å². The van der Waals surface area contributed by atoms with Crippen molar-refractivity contribution in [1.29, 1.82) is 0 Å². The minimum absolute atomic E-state index is 0.0512. The Bertz CT molecular complexity index is 447. The molecule has 0 radical (unpaired) electrons. The number of amides is 1. The molecule has 1 aliphatic rings. The molecule has 0 saturated carbocycles. The molecule has 1 atom stereocenters. The second kappa shape index (κ2) is 5.48. The number of likely N-dealkylation sites (tertiary alicyclic amines) is 1. The number of likely N-dealkylation sites (N-methyl/N-ethyl adjacent to an activating group) is 1. The van der Waals surface area contributed by atoms with Gasteiger partial charge < -0.3 is 10.2 Å². The van der Waals surface area contributed by atoms with Gasteiger partial charge in [0.25, 0.3) is 5.91 Å². The van der Waals surface area contributed by atoms with Crippen LogP contribution in [0.1, 0.15) is 28.8 Å². The molecule has 3 nitrogen and oxygen atoms in total. The van der Waals surface area contributed by atoms with Gasteiger partial charge in [0, 0.05) is 24.7 Å². The Labute approximate surface area is 107 Å². The Morgan fingerprint density at radius 2 is 2.33 bits per heavy atom. The highest BCUT2D eigenvalue weighted by molar-refractivity contribution is 5.96. The number of hydrogen-bond acceptors (Lipinski definition) is 2. The molecule has 1 aliphatic heterocycles. The predicted octanol–water partition coefficient (Wildman–Crippen LogP) is 1.96. The molecule has 1 aromatic rings. The third-order valence-electron chi connectivity index (χ3n) is 3.51. The zero-order chi connectivity index (χ0) is 13.1. The maximum atomic E-state index is 13.3. The van der Waals surface area contributed by atoms with Gasteiger partial charge in [-0.15, -0.1) is 0 Å². The van der Waals surface area contributed by atoms with Crippen molar-refractivity contribution < 1.29 is 9.18 Å². The summed E-state index contributed by atoms with van der Waals surface area (Å²) in [6.45, 7) is 3.40. The van der Waals surface area contributed by atoms with Crippen molar-refractivity contribution in [3.05, 3.63) is 35.1 Å². The maximum Gasteiger partial charge on any atom is 0.254 e. The van der Waals surface area contributed by atoms with E-state index in [9.17, 15) is 9.18 Å². The van der Waals surface area contributed by atoms with Gasteiger partial charge in [0.15, 0.2) is 0 Å².